The summed E-state index contributed by atoms with van der Waals surface area (Å²) in [5, 5.41) is 9.67. The van der Waals surface area contributed by atoms with Gasteiger partial charge < -0.3 is 5.11 Å². The van der Waals surface area contributed by atoms with Crippen LogP contribution >= 0.6 is 0 Å². The molecule has 1 unspecified atom stereocenters. The maximum absolute atomic E-state index is 11.5. The van der Waals surface area contributed by atoms with E-state index >= 15 is 0 Å². The molecule has 0 aliphatic heterocycles. The van der Waals surface area contributed by atoms with E-state index in [1.165, 1.54) is 0 Å². The third-order valence-electron chi connectivity index (χ3n) is 2.65. The molecule has 1 rings (SSSR count). The minimum atomic E-state index is -0.524. The fraction of sp³-hybridized carbons (Fsp3) is 0.583. The number of allylic oxidation sites excluding steroid dienone is 2. The minimum absolute atomic E-state index is 0.100. The highest BCUT2D eigenvalue weighted by Gasteiger charge is 2.28. The van der Waals surface area contributed by atoms with E-state index in [9.17, 15) is 9.90 Å². The zero-order valence-corrected chi connectivity index (χ0v) is 8.75. The molecule has 0 spiro atoms. The number of carbonyl (C=O) groups excluding carboxylic acids is 1. The molecule has 1 N–H and O–H groups in total. The van der Waals surface area contributed by atoms with Crippen molar-refractivity contribution in [3.8, 4) is 0 Å². The zero-order valence-electron chi connectivity index (χ0n) is 8.75. The molecule has 14 heavy (non-hydrogen) atoms. The molecule has 0 saturated heterocycles. The van der Waals surface area contributed by atoms with Gasteiger partial charge in [0.15, 0.2) is 5.78 Å². The number of hydrogen-bond acceptors (Lipinski definition) is 2. The van der Waals surface area contributed by atoms with E-state index in [0.29, 0.717) is 6.42 Å². The Morgan fingerprint density at radius 3 is 2.93 bits per heavy atom. The van der Waals surface area contributed by atoms with Gasteiger partial charge in [0, 0.05) is 12.0 Å². The first-order chi connectivity index (χ1) is 6.70. The number of unbranched alkanes of at least 4 members (excludes halogenated alkanes) is 1. The van der Waals surface area contributed by atoms with Gasteiger partial charge in [-0.3, -0.25) is 4.79 Å². The molecule has 2 nitrogen and oxygen atoms in total. The lowest BCUT2D eigenvalue weighted by Gasteiger charge is -2.07. The molecule has 78 valence electrons. The van der Waals surface area contributed by atoms with Crippen molar-refractivity contribution >= 4 is 5.78 Å². The Morgan fingerprint density at radius 2 is 2.36 bits per heavy atom. The van der Waals surface area contributed by atoms with Crippen LogP contribution in [-0.2, 0) is 4.79 Å². The van der Waals surface area contributed by atoms with Gasteiger partial charge in [0.25, 0.3) is 0 Å². The van der Waals surface area contributed by atoms with Crippen molar-refractivity contribution in [3.05, 3.63) is 23.8 Å². The van der Waals surface area contributed by atoms with Gasteiger partial charge >= 0.3 is 0 Å². The molecule has 1 aliphatic rings. The number of rotatable bonds is 5. The first-order valence-corrected chi connectivity index (χ1v) is 5.24. The van der Waals surface area contributed by atoms with E-state index in [1.807, 2.05) is 0 Å². The van der Waals surface area contributed by atoms with Gasteiger partial charge in [-0.1, -0.05) is 19.4 Å². The molecule has 0 aromatic rings. The number of ketones is 1. The highest BCUT2D eigenvalue weighted by molar-refractivity contribution is 5.99. The predicted molar refractivity (Wildman–Crippen MR) is 57.0 cm³/mol. The number of Topliss-reactive ketones (excluding diaryl/α,β-unsaturated/α-hetero) is 1. The van der Waals surface area contributed by atoms with Gasteiger partial charge in [-0.05, 0) is 24.8 Å². The lowest BCUT2D eigenvalue weighted by Crippen LogP contribution is -2.05. The molecule has 1 atom stereocenters. The summed E-state index contributed by atoms with van der Waals surface area (Å²) in [5.74, 6) is 0.100. The molecule has 0 aromatic heterocycles. The molecule has 0 amide bonds. The van der Waals surface area contributed by atoms with Crippen LogP contribution in [0.2, 0.25) is 0 Å². The fourth-order valence-electron chi connectivity index (χ4n) is 1.88. The highest BCUT2D eigenvalue weighted by Crippen LogP contribution is 2.29. The first kappa shape index (κ1) is 11.2. The summed E-state index contributed by atoms with van der Waals surface area (Å²) in [5.41, 5.74) is 1.76. The third kappa shape index (κ3) is 2.32. The van der Waals surface area contributed by atoms with E-state index in [4.69, 9.17) is 0 Å². The van der Waals surface area contributed by atoms with Crippen LogP contribution in [0, 0.1) is 0 Å². The standard InChI is InChI=1S/C12H18O2/c1-3-5-7-10-9(6-4-2)11(13)8-12(10)14/h4,12,14H,2-3,5-8H2,1H3. The van der Waals surface area contributed by atoms with Gasteiger partial charge in [0.2, 0.25) is 0 Å². The normalized spacial score (nSPS) is 21.9. The van der Waals surface area contributed by atoms with Crippen LogP contribution in [0.1, 0.15) is 39.0 Å². The van der Waals surface area contributed by atoms with Crippen LogP contribution in [0.4, 0.5) is 0 Å². The van der Waals surface area contributed by atoms with Gasteiger partial charge in [0.1, 0.15) is 0 Å². The smallest absolute Gasteiger partial charge is 0.162 e. The Balaban J connectivity index is 2.78. The quantitative estimate of drug-likeness (QED) is 0.682. The van der Waals surface area contributed by atoms with Crippen LogP contribution in [0.3, 0.4) is 0 Å². The zero-order chi connectivity index (χ0) is 10.6. The molecule has 0 fully saturated rings. The number of hydrogen-bond donors (Lipinski definition) is 1. The first-order valence-electron chi connectivity index (χ1n) is 5.24. The van der Waals surface area contributed by atoms with E-state index in [-0.39, 0.29) is 12.2 Å². The Bertz CT molecular complexity index is 263. The lowest BCUT2D eigenvalue weighted by molar-refractivity contribution is -0.115. The van der Waals surface area contributed by atoms with Crippen LogP contribution in [0.5, 0.6) is 0 Å². The molecular weight excluding hydrogens is 176 g/mol. The highest BCUT2D eigenvalue weighted by atomic mass is 16.3. The maximum Gasteiger partial charge on any atom is 0.162 e. The summed E-state index contributed by atoms with van der Waals surface area (Å²) in [6.07, 6.45) is 5.08. The largest absolute Gasteiger partial charge is 0.388 e. The van der Waals surface area contributed by atoms with E-state index in [0.717, 1.165) is 30.4 Å². The van der Waals surface area contributed by atoms with Crippen LogP contribution in [0.25, 0.3) is 0 Å². The second-order valence-corrected chi connectivity index (χ2v) is 3.74. The monoisotopic (exact) mass is 194 g/mol. The topological polar surface area (TPSA) is 37.3 Å². The molecule has 1 aliphatic carbocycles. The van der Waals surface area contributed by atoms with Gasteiger partial charge in [-0.25, -0.2) is 0 Å². The average Bonchev–Trinajstić information content (AvgIpc) is 2.40. The van der Waals surface area contributed by atoms with Crippen LogP contribution in [-0.4, -0.2) is 17.0 Å². The fourth-order valence-corrected chi connectivity index (χ4v) is 1.88. The second-order valence-electron chi connectivity index (χ2n) is 3.74. The predicted octanol–water partition coefficient (Wildman–Crippen LogP) is 2.38. The Kier molecular flexibility index (Phi) is 4.08. The second kappa shape index (κ2) is 5.11. The van der Waals surface area contributed by atoms with E-state index in [1.54, 1.807) is 6.08 Å². The van der Waals surface area contributed by atoms with Crippen molar-refractivity contribution < 1.29 is 9.90 Å². The number of aliphatic hydroxyl groups excluding tert-OH is 1. The summed E-state index contributed by atoms with van der Waals surface area (Å²) in [7, 11) is 0. The van der Waals surface area contributed by atoms with Crippen molar-refractivity contribution in [3.63, 3.8) is 0 Å². The van der Waals surface area contributed by atoms with Gasteiger partial charge in [-0.2, -0.15) is 0 Å². The van der Waals surface area contributed by atoms with Crippen molar-refractivity contribution in [1.29, 1.82) is 0 Å². The SMILES string of the molecule is C=CCC1=C(CCCC)C(O)CC1=O. The Morgan fingerprint density at radius 1 is 1.64 bits per heavy atom. The summed E-state index contributed by atoms with van der Waals surface area (Å²) in [4.78, 5) is 11.5. The molecule has 0 heterocycles. The minimum Gasteiger partial charge on any atom is -0.388 e. The average molecular weight is 194 g/mol. The van der Waals surface area contributed by atoms with E-state index in [2.05, 4.69) is 13.5 Å². The van der Waals surface area contributed by atoms with Gasteiger partial charge in [-0.15, -0.1) is 6.58 Å². The summed E-state index contributed by atoms with van der Waals surface area (Å²) < 4.78 is 0. The molecule has 2 heteroatoms. The van der Waals surface area contributed by atoms with Crippen molar-refractivity contribution in [2.75, 3.05) is 0 Å². The number of carbonyl (C=O) groups is 1. The molecular formula is C12H18O2. The molecule has 0 radical (unpaired) electrons. The Hall–Kier alpha value is -0.890. The van der Waals surface area contributed by atoms with Crippen molar-refractivity contribution in [1.82, 2.24) is 0 Å². The molecule has 0 bridgehead atoms. The molecule has 0 saturated carbocycles. The summed E-state index contributed by atoms with van der Waals surface area (Å²) in [6.45, 7) is 5.74. The van der Waals surface area contributed by atoms with Crippen LogP contribution in [0.15, 0.2) is 23.8 Å². The van der Waals surface area contributed by atoms with Gasteiger partial charge in [0.05, 0.1) is 6.10 Å². The number of aliphatic hydroxyl groups is 1. The van der Waals surface area contributed by atoms with Crippen molar-refractivity contribution in [2.45, 2.75) is 45.1 Å². The maximum atomic E-state index is 11.5. The van der Waals surface area contributed by atoms with E-state index < -0.39 is 6.10 Å². The molecule has 0 aromatic carbocycles. The summed E-state index contributed by atoms with van der Waals surface area (Å²) >= 11 is 0. The van der Waals surface area contributed by atoms with Crippen LogP contribution < -0.4 is 0 Å². The summed E-state index contributed by atoms with van der Waals surface area (Å²) in [6, 6.07) is 0. The Labute approximate surface area is 85.3 Å². The van der Waals surface area contributed by atoms with Crippen molar-refractivity contribution in [2.24, 2.45) is 0 Å². The third-order valence-corrected chi connectivity index (χ3v) is 2.65. The lowest BCUT2D eigenvalue weighted by atomic mass is 10.0.